The first-order chi connectivity index (χ1) is 14.6. The number of fused-ring (bicyclic) bond motifs is 1. The third-order valence-electron chi connectivity index (χ3n) is 4.59. The van der Waals surface area contributed by atoms with E-state index in [0.717, 1.165) is 11.3 Å². The van der Waals surface area contributed by atoms with Gasteiger partial charge in [-0.25, -0.2) is 4.98 Å². The summed E-state index contributed by atoms with van der Waals surface area (Å²) in [5.74, 6) is 1.03. The quantitative estimate of drug-likeness (QED) is 0.633. The van der Waals surface area contributed by atoms with E-state index in [2.05, 4.69) is 15.6 Å². The zero-order valence-electron chi connectivity index (χ0n) is 16.4. The zero-order chi connectivity index (χ0) is 20.9. The second-order valence-electron chi connectivity index (χ2n) is 6.83. The second kappa shape index (κ2) is 8.96. The van der Waals surface area contributed by atoms with Gasteiger partial charge in [-0.1, -0.05) is 24.3 Å². The molecule has 2 amide bonds. The highest BCUT2D eigenvalue weighted by molar-refractivity contribution is 7.14. The SMILES string of the molecule is CC(NC(=O)Cc1csc(NC(=O)c2ccccc2)n1)c1ccc2c(c1)OCCO2. The largest absolute Gasteiger partial charge is 0.486 e. The summed E-state index contributed by atoms with van der Waals surface area (Å²) >= 11 is 1.29. The molecular weight excluding hydrogens is 402 g/mol. The molecule has 8 heteroatoms. The molecule has 1 aliphatic rings. The Morgan fingerprint density at radius 1 is 1.10 bits per heavy atom. The molecule has 154 valence electrons. The topological polar surface area (TPSA) is 89.6 Å². The first-order valence-corrected chi connectivity index (χ1v) is 10.5. The van der Waals surface area contributed by atoms with Gasteiger partial charge >= 0.3 is 0 Å². The Balaban J connectivity index is 1.32. The number of carbonyl (C=O) groups is 2. The molecule has 0 bridgehead atoms. The van der Waals surface area contributed by atoms with Crippen molar-refractivity contribution >= 4 is 28.3 Å². The average molecular weight is 423 g/mol. The van der Waals surface area contributed by atoms with Crippen molar-refractivity contribution in [2.24, 2.45) is 0 Å². The summed E-state index contributed by atoms with van der Waals surface area (Å²) in [4.78, 5) is 29.0. The number of hydrogen-bond donors (Lipinski definition) is 2. The Labute approximate surface area is 178 Å². The molecule has 2 N–H and O–H groups in total. The van der Waals surface area contributed by atoms with Crippen molar-refractivity contribution in [1.82, 2.24) is 10.3 Å². The number of rotatable bonds is 6. The Kier molecular flexibility index (Phi) is 5.94. The summed E-state index contributed by atoms with van der Waals surface area (Å²) in [6, 6.07) is 14.4. The van der Waals surface area contributed by atoms with Gasteiger partial charge in [-0.05, 0) is 36.8 Å². The molecule has 1 aliphatic heterocycles. The maximum Gasteiger partial charge on any atom is 0.257 e. The van der Waals surface area contributed by atoms with E-state index in [4.69, 9.17) is 9.47 Å². The maximum atomic E-state index is 12.4. The van der Waals surface area contributed by atoms with E-state index >= 15 is 0 Å². The molecule has 0 radical (unpaired) electrons. The number of hydrogen-bond acceptors (Lipinski definition) is 6. The monoisotopic (exact) mass is 423 g/mol. The van der Waals surface area contributed by atoms with Gasteiger partial charge in [-0.2, -0.15) is 0 Å². The lowest BCUT2D eigenvalue weighted by molar-refractivity contribution is -0.121. The minimum atomic E-state index is -0.229. The van der Waals surface area contributed by atoms with Crippen LogP contribution >= 0.6 is 11.3 Å². The number of nitrogens with one attached hydrogen (secondary N) is 2. The van der Waals surface area contributed by atoms with Crippen molar-refractivity contribution in [3.63, 3.8) is 0 Å². The summed E-state index contributed by atoms with van der Waals surface area (Å²) in [7, 11) is 0. The number of aromatic nitrogens is 1. The van der Waals surface area contributed by atoms with E-state index in [9.17, 15) is 9.59 Å². The number of nitrogens with zero attached hydrogens (tertiary/aromatic N) is 1. The number of benzene rings is 2. The van der Waals surface area contributed by atoms with Crippen LogP contribution in [-0.4, -0.2) is 30.0 Å². The van der Waals surface area contributed by atoms with E-state index in [1.165, 1.54) is 11.3 Å². The highest BCUT2D eigenvalue weighted by atomic mass is 32.1. The summed E-state index contributed by atoms with van der Waals surface area (Å²) in [5.41, 5.74) is 2.09. The van der Waals surface area contributed by atoms with Gasteiger partial charge in [-0.3, -0.25) is 14.9 Å². The summed E-state index contributed by atoms with van der Waals surface area (Å²) in [6.45, 7) is 2.97. The molecule has 3 aromatic rings. The Bertz CT molecular complexity index is 1050. The Hall–Kier alpha value is -3.39. The van der Waals surface area contributed by atoms with E-state index in [1.807, 2.05) is 31.2 Å². The summed E-state index contributed by atoms with van der Waals surface area (Å²) < 4.78 is 11.1. The molecule has 0 aliphatic carbocycles. The third-order valence-corrected chi connectivity index (χ3v) is 5.40. The lowest BCUT2D eigenvalue weighted by Crippen LogP contribution is -2.28. The summed E-state index contributed by atoms with van der Waals surface area (Å²) in [5, 5.41) is 7.96. The van der Waals surface area contributed by atoms with Gasteiger partial charge in [0.15, 0.2) is 16.6 Å². The normalized spacial score (nSPS) is 13.4. The summed E-state index contributed by atoms with van der Waals surface area (Å²) in [6.07, 6.45) is 0.132. The molecule has 0 saturated heterocycles. The van der Waals surface area contributed by atoms with Gasteiger partial charge in [0, 0.05) is 10.9 Å². The lowest BCUT2D eigenvalue weighted by atomic mass is 10.1. The van der Waals surface area contributed by atoms with Gasteiger partial charge in [-0.15, -0.1) is 11.3 Å². The van der Waals surface area contributed by atoms with Crippen molar-refractivity contribution in [3.8, 4) is 11.5 Å². The molecule has 0 fully saturated rings. The fourth-order valence-electron chi connectivity index (χ4n) is 3.07. The maximum absolute atomic E-state index is 12.4. The van der Waals surface area contributed by atoms with Gasteiger partial charge in [0.1, 0.15) is 13.2 Å². The van der Waals surface area contributed by atoms with Crippen molar-refractivity contribution < 1.29 is 19.1 Å². The fraction of sp³-hybridized carbons (Fsp3) is 0.227. The smallest absolute Gasteiger partial charge is 0.257 e. The van der Waals surface area contributed by atoms with Crippen LogP contribution < -0.4 is 20.1 Å². The van der Waals surface area contributed by atoms with E-state index in [0.29, 0.717) is 35.4 Å². The van der Waals surface area contributed by atoms with E-state index in [-0.39, 0.29) is 24.3 Å². The standard InChI is InChI=1S/C22H21N3O4S/c1-14(16-7-8-18-19(11-16)29-10-9-28-18)23-20(26)12-17-13-30-22(24-17)25-21(27)15-5-3-2-4-6-15/h2-8,11,13-14H,9-10,12H2,1H3,(H,23,26)(H,24,25,27). The van der Waals surface area contributed by atoms with Crippen LogP contribution in [0.25, 0.3) is 0 Å². The molecule has 1 unspecified atom stereocenters. The first kappa shape index (κ1) is 19.9. The highest BCUT2D eigenvalue weighted by Crippen LogP contribution is 2.32. The van der Waals surface area contributed by atoms with Crippen LogP contribution in [0.1, 0.15) is 34.6 Å². The van der Waals surface area contributed by atoms with E-state index in [1.54, 1.807) is 29.6 Å². The van der Waals surface area contributed by atoms with Crippen molar-refractivity contribution in [2.45, 2.75) is 19.4 Å². The molecule has 0 saturated carbocycles. The van der Waals surface area contributed by atoms with Crippen LogP contribution in [0, 0.1) is 0 Å². The molecule has 4 rings (SSSR count). The van der Waals surface area contributed by atoms with Gasteiger partial charge in [0.05, 0.1) is 18.2 Å². The fourth-order valence-corrected chi connectivity index (χ4v) is 3.78. The number of carbonyl (C=O) groups excluding carboxylic acids is 2. The Morgan fingerprint density at radius 2 is 1.87 bits per heavy atom. The number of thiazole rings is 1. The molecule has 2 heterocycles. The highest BCUT2D eigenvalue weighted by Gasteiger charge is 2.17. The predicted molar refractivity (Wildman–Crippen MR) is 114 cm³/mol. The minimum absolute atomic E-state index is 0.132. The van der Waals surface area contributed by atoms with Gasteiger partial charge < -0.3 is 14.8 Å². The molecule has 30 heavy (non-hydrogen) atoms. The van der Waals surface area contributed by atoms with Gasteiger partial charge in [0.25, 0.3) is 5.91 Å². The van der Waals surface area contributed by atoms with Crippen molar-refractivity contribution in [2.75, 3.05) is 18.5 Å². The molecule has 0 spiro atoms. The molecule has 1 atom stereocenters. The first-order valence-electron chi connectivity index (χ1n) is 9.58. The van der Waals surface area contributed by atoms with Crippen molar-refractivity contribution in [3.05, 3.63) is 70.7 Å². The van der Waals surface area contributed by atoms with Crippen LogP contribution in [0.15, 0.2) is 53.9 Å². The van der Waals surface area contributed by atoms with Crippen LogP contribution in [0.2, 0.25) is 0 Å². The molecule has 1 aromatic heterocycles. The molecule has 7 nitrogen and oxygen atoms in total. The molecular formula is C22H21N3O4S. The third kappa shape index (κ3) is 4.77. The van der Waals surface area contributed by atoms with Crippen LogP contribution in [0.5, 0.6) is 11.5 Å². The Morgan fingerprint density at radius 3 is 2.67 bits per heavy atom. The average Bonchev–Trinajstić information content (AvgIpc) is 3.20. The lowest BCUT2D eigenvalue weighted by Gasteiger charge is -2.21. The number of anilines is 1. The van der Waals surface area contributed by atoms with E-state index < -0.39 is 0 Å². The number of ether oxygens (including phenoxy) is 2. The van der Waals surface area contributed by atoms with Gasteiger partial charge in [0.2, 0.25) is 5.91 Å². The zero-order valence-corrected chi connectivity index (χ0v) is 17.2. The number of amides is 2. The molecule has 2 aromatic carbocycles. The van der Waals surface area contributed by atoms with Crippen LogP contribution in [-0.2, 0) is 11.2 Å². The van der Waals surface area contributed by atoms with Crippen LogP contribution in [0.4, 0.5) is 5.13 Å². The van der Waals surface area contributed by atoms with Crippen LogP contribution in [0.3, 0.4) is 0 Å². The predicted octanol–water partition coefficient (Wildman–Crippen LogP) is 3.59. The van der Waals surface area contributed by atoms with Crippen molar-refractivity contribution in [1.29, 1.82) is 0 Å². The minimum Gasteiger partial charge on any atom is -0.486 e. The second-order valence-corrected chi connectivity index (χ2v) is 7.69.